The average Bonchev–Trinajstić information content (AvgIpc) is 2.39. The summed E-state index contributed by atoms with van der Waals surface area (Å²) in [5.41, 5.74) is 0.0373. The van der Waals surface area contributed by atoms with Crippen LogP contribution in [0.25, 0.3) is 0 Å². The topological polar surface area (TPSA) is 54.4 Å². The second-order valence-corrected chi connectivity index (χ2v) is 4.75. The van der Waals surface area contributed by atoms with E-state index >= 15 is 0 Å². The molecule has 0 spiro atoms. The standard InChI is InChI=1S/C14H8BrFO3/c15-10-4-1-8(2-5-10)13(17)9-3-6-12(16)11(7-9)14(18)19/h1-7H,(H,18,19). The molecule has 0 heterocycles. The molecule has 2 aromatic carbocycles. The number of aromatic carboxylic acids is 1. The third kappa shape index (κ3) is 2.88. The van der Waals surface area contributed by atoms with Crippen LogP contribution < -0.4 is 0 Å². The van der Waals surface area contributed by atoms with E-state index in [2.05, 4.69) is 15.9 Å². The first kappa shape index (κ1) is 13.4. The molecule has 0 saturated heterocycles. The van der Waals surface area contributed by atoms with Crippen LogP contribution in [0.15, 0.2) is 46.9 Å². The van der Waals surface area contributed by atoms with E-state index in [1.54, 1.807) is 24.3 Å². The summed E-state index contributed by atoms with van der Waals surface area (Å²) in [7, 11) is 0. The van der Waals surface area contributed by atoms with Crippen molar-refractivity contribution in [2.75, 3.05) is 0 Å². The van der Waals surface area contributed by atoms with Gasteiger partial charge in [0.05, 0.1) is 5.56 Å². The number of ketones is 1. The van der Waals surface area contributed by atoms with Crippen LogP contribution in [0.1, 0.15) is 26.3 Å². The minimum Gasteiger partial charge on any atom is -0.478 e. The molecule has 0 unspecified atom stereocenters. The first-order valence-electron chi connectivity index (χ1n) is 5.32. The average molecular weight is 323 g/mol. The van der Waals surface area contributed by atoms with Gasteiger partial charge in [-0.25, -0.2) is 9.18 Å². The highest BCUT2D eigenvalue weighted by molar-refractivity contribution is 9.10. The number of carboxylic acid groups (broad SMARTS) is 1. The van der Waals surface area contributed by atoms with Gasteiger partial charge in [0.2, 0.25) is 0 Å². The summed E-state index contributed by atoms with van der Waals surface area (Å²) in [6, 6.07) is 9.92. The smallest absolute Gasteiger partial charge is 0.338 e. The van der Waals surface area contributed by atoms with Crippen molar-refractivity contribution in [2.24, 2.45) is 0 Å². The summed E-state index contributed by atoms with van der Waals surface area (Å²) in [6.45, 7) is 0. The molecule has 3 nitrogen and oxygen atoms in total. The van der Waals surface area contributed by atoms with Crippen LogP contribution >= 0.6 is 15.9 Å². The third-order valence-electron chi connectivity index (χ3n) is 2.57. The van der Waals surface area contributed by atoms with Gasteiger partial charge in [-0.2, -0.15) is 0 Å². The lowest BCUT2D eigenvalue weighted by molar-refractivity contribution is 0.0692. The quantitative estimate of drug-likeness (QED) is 0.880. The summed E-state index contributed by atoms with van der Waals surface area (Å²) in [5.74, 6) is -2.61. The Morgan fingerprint density at radius 2 is 1.58 bits per heavy atom. The summed E-state index contributed by atoms with van der Waals surface area (Å²) >= 11 is 3.25. The van der Waals surface area contributed by atoms with E-state index < -0.39 is 17.3 Å². The largest absolute Gasteiger partial charge is 0.478 e. The minimum atomic E-state index is -1.40. The second kappa shape index (κ2) is 5.32. The Bertz CT molecular complexity index is 650. The molecule has 2 aromatic rings. The number of carbonyl (C=O) groups is 2. The number of benzene rings is 2. The van der Waals surface area contributed by atoms with Gasteiger partial charge in [-0.3, -0.25) is 4.79 Å². The maximum absolute atomic E-state index is 13.2. The minimum absolute atomic E-state index is 0.140. The van der Waals surface area contributed by atoms with Gasteiger partial charge in [0, 0.05) is 15.6 Å². The Hall–Kier alpha value is -2.01. The van der Waals surface area contributed by atoms with Crippen LogP contribution in [0.3, 0.4) is 0 Å². The zero-order chi connectivity index (χ0) is 14.0. The lowest BCUT2D eigenvalue weighted by Crippen LogP contribution is -2.06. The number of carboxylic acids is 1. The maximum Gasteiger partial charge on any atom is 0.338 e. The number of hydrogen-bond donors (Lipinski definition) is 1. The molecule has 0 amide bonds. The molecule has 96 valence electrons. The SMILES string of the molecule is O=C(c1ccc(Br)cc1)c1ccc(F)c(C(=O)O)c1. The van der Waals surface area contributed by atoms with E-state index in [4.69, 9.17) is 5.11 Å². The highest BCUT2D eigenvalue weighted by Gasteiger charge is 2.15. The number of carbonyl (C=O) groups excluding carboxylic acids is 1. The zero-order valence-corrected chi connectivity index (χ0v) is 11.1. The van der Waals surface area contributed by atoms with Crippen LogP contribution in [0.4, 0.5) is 4.39 Å². The van der Waals surface area contributed by atoms with Crippen LogP contribution in [0, 0.1) is 5.82 Å². The van der Waals surface area contributed by atoms with Crippen molar-refractivity contribution >= 4 is 27.7 Å². The first-order chi connectivity index (χ1) is 8.99. The van der Waals surface area contributed by atoms with E-state index in [1.807, 2.05) is 0 Å². The molecule has 0 aliphatic heterocycles. The van der Waals surface area contributed by atoms with Crippen LogP contribution in [-0.2, 0) is 0 Å². The fourth-order valence-electron chi connectivity index (χ4n) is 1.60. The van der Waals surface area contributed by atoms with Gasteiger partial charge >= 0.3 is 5.97 Å². The molecule has 1 N–H and O–H groups in total. The Morgan fingerprint density at radius 1 is 1.00 bits per heavy atom. The van der Waals surface area contributed by atoms with E-state index in [1.165, 1.54) is 6.07 Å². The van der Waals surface area contributed by atoms with Crippen molar-refractivity contribution in [3.05, 3.63) is 69.4 Å². The van der Waals surface area contributed by atoms with E-state index in [-0.39, 0.29) is 11.3 Å². The first-order valence-corrected chi connectivity index (χ1v) is 6.11. The summed E-state index contributed by atoms with van der Waals surface area (Å²) in [6.07, 6.45) is 0. The Labute approximate surface area is 116 Å². The molecule has 0 fully saturated rings. The predicted octanol–water partition coefficient (Wildman–Crippen LogP) is 3.52. The molecular formula is C14H8BrFO3. The van der Waals surface area contributed by atoms with Crippen molar-refractivity contribution in [1.82, 2.24) is 0 Å². The fourth-order valence-corrected chi connectivity index (χ4v) is 1.86. The Morgan fingerprint density at radius 3 is 2.16 bits per heavy atom. The monoisotopic (exact) mass is 322 g/mol. The highest BCUT2D eigenvalue weighted by Crippen LogP contribution is 2.17. The molecule has 0 radical (unpaired) electrons. The molecule has 0 saturated carbocycles. The molecule has 0 aliphatic rings. The lowest BCUT2D eigenvalue weighted by atomic mass is 10.0. The van der Waals surface area contributed by atoms with Gasteiger partial charge in [-0.05, 0) is 42.5 Å². The summed E-state index contributed by atoms with van der Waals surface area (Å²) < 4.78 is 14.1. The number of halogens is 2. The number of rotatable bonds is 3. The van der Waals surface area contributed by atoms with Gasteiger partial charge in [-0.15, -0.1) is 0 Å². The lowest BCUT2D eigenvalue weighted by Gasteiger charge is -2.04. The molecule has 0 bridgehead atoms. The molecule has 19 heavy (non-hydrogen) atoms. The van der Waals surface area contributed by atoms with Crippen molar-refractivity contribution in [3.8, 4) is 0 Å². The van der Waals surface area contributed by atoms with Gasteiger partial charge in [0.25, 0.3) is 0 Å². The van der Waals surface area contributed by atoms with Crippen LogP contribution in [-0.4, -0.2) is 16.9 Å². The van der Waals surface area contributed by atoms with Gasteiger partial charge < -0.3 is 5.11 Å². The molecule has 2 rings (SSSR count). The van der Waals surface area contributed by atoms with Crippen molar-refractivity contribution in [3.63, 3.8) is 0 Å². The third-order valence-corrected chi connectivity index (χ3v) is 3.09. The Kier molecular flexibility index (Phi) is 3.76. The number of hydrogen-bond acceptors (Lipinski definition) is 2. The van der Waals surface area contributed by atoms with E-state index in [0.29, 0.717) is 5.56 Å². The summed E-state index contributed by atoms with van der Waals surface area (Å²) in [5, 5.41) is 8.82. The van der Waals surface area contributed by atoms with Crippen molar-refractivity contribution < 1.29 is 19.1 Å². The van der Waals surface area contributed by atoms with Crippen molar-refractivity contribution in [2.45, 2.75) is 0 Å². The highest BCUT2D eigenvalue weighted by atomic mass is 79.9. The van der Waals surface area contributed by atoms with E-state index in [9.17, 15) is 14.0 Å². The predicted molar refractivity (Wildman–Crippen MR) is 70.9 cm³/mol. The fraction of sp³-hybridized carbons (Fsp3) is 0. The van der Waals surface area contributed by atoms with E-state index in [0.717, 1.165) is 16.6 Å². The molecular weight excluding hydrogens is 315 g/mol. The van der Waals surface area contributed by atoms with Crippen molar-refractivity contribution in [1.29, 1.82) is 0 Å². The molecule has 5 heteroatoms. The van der Waals surface area contributed by atoms with Gasteiger partial charge in [-0.1, -0.05) is 15.9 Å². The van der Waals surface area contributed by atoms with Gasteiger partial charge in [0.1, 0.15) is 5.82 Å². The Balaban J connectivity index is 2.42. The summed E-state index contributed by atoms with van der Waals surface area (Å²) in [4.78, 5) is 22.9. The zero-order valence-electron chi connectivity index (χ0n) is 9.56. The van der Waals surface area contributed by atoms with Crippen LogP contribution in [0.5, 0.6) is 0 Å². The van der Waals surface area contributed by atoms with Crippen LogP contribution in [0.2, 0.25) is 0 Å². The second-order valence-electron chi connectivity index (χ2n) is 3.84. The molecule has 0 aliphatic carbocycles. The maximum atomic E-state index is 13.2. The molecule has 0 aromatic heterocycles. The van der Waals surface area contributed by atoms with Gasteiger partial charge in [0.15, 0.2) is 5.78 Å². The normalized spacial score (nSPS) is 10.2. The molecule has 0 atom stereocenters.